The first-order chi connectivity index (χ1) is 12.5. The summed E-state index contributed by atoms with van der Waals surface area (Å²) in [6.07, 6.45) is 3.53. The molecule has 2 amide bonds. The Morgan fingerprint density at radius 3 is 2.85 bits per heavy atom. The molecule has 6 nitrogen and oxygen atoms in total. The van der Waals surface area contributed by atoms with Gasteiger partial charge in [-0.2, -0.15) is 0 Å². The third kappa shape index (κ3) is 4.39. The second kappa shape index (κ2) is 7.99. The Bertz CT molecular complexity index is 777. The number of carbonyl (C=O) groups excluding carboxylic acids is 2. The standard InChI is InChI=1S/C20H23N3O3/c1-14(2)12-23-13-15(10-19(23)24)20(25)22-17-7-3-4-8-18(17)26-16-6-5-9-21-11-16/h3-9,11,14-15H,10,12-13H2,1-2H3,(H,22,25). The summed E-state index contributed by atoms with van der Waals surface area (Å²) in [6.45, 7) is 5.27. The van der Waals surface area contributed by atoms with Gasteiger partial charge in [0.2, 0.25) is 11.8 Å². The maximum Gasteiger partial charge on any atom is 0.229 e. The highest BCUT2D eigenvalue weighted by Gasteiger charge is 2.34. The van der Waals surface area contributed by atoms with Gasteiger partial charge in [0.05, 0.1) is 17.8 Å². The molecule has 26 heavy (non-hydrogen) atoms. The molecule has 1 aromatic heterocycles. The van der Waals surface area contributed by atoms with Crippen LogP contribution in [0.5, 0.6) is 11.5 Å². The number of hydrogen-bond donors (Lipinski definition) is 1. The molecule has 0 bridgehead atoms. The lowest BCUT2D eigenvalue weighted by molar-refractivity contribution is -0.128. The third-order valence-corrected chi connectivity index (χ3v) is 4.18. The van der Waals surface area contributed by atoms with Gasteiger partial charge >= 0.3 is 0 Å². The predicted molar refractivity (Wildman–Crippen MR) is 98.9 cm³/mol. The number of likely N-dealkylation sites (tertiary alicyclic amines) is 1. The van der Waals surface area contributed by atoms with Gasteiger partial charge in [-0.25, -0.2) is 0 Å². The van der Waals surface area contributed by atoms with E-state index in [0.29, 0.717) is 36.2 Å². The van der Waals surface area contributed by atoms with Crippen molar-refractivity contribution in [3.63, 3.8) is 0 Å². The average Bonchev–Trinajstić information content (AvgIpc) is 2.98. The Kier molecular flexibility index (Phi) is 5.51. The van der Waals surface area contributed by atoms with Crippen molar-refractivity contribution in [3.05, 3.63) is 48.8 Å². The summed E-state index contributed by atoms with van der Waals surface area (Å²) in [7, 11) is 0. The number of carbonyl (C=O) groups is 2. The molecule has 0 saturated carbocycles. The van der Waals surface area contributed by atoms with E-state index < -0.39 is 0 Å². The predicted octanol–water partition coefficient (Wildman–Crippen LogP) is 3.32. The highest BCUT2D eigenvalue weighted by atomic mass is 16.5. The fraction of sp³-hybridized carbons (Fsp3) is 0.350. The minimum absolute atomic E-state index is 0.0405. The zero-order valence-electron chi connectivity index (χ0n) is 15.0. The molecule has 2 aromatic rings. The maximum absolute atomic E-state index is 12.6. The van der Waals surface area contributed by atoms with Crippen LogP contribution in [0.1, 0.15) is 20.3 Å². The van der Waals surface area contributed by atoms with Gasteiger partial charge in [0, 0.05) is 25.7 Å². The normalized spacial score (nSPS) is 16.8. The van der Waals surface area contributed by atoms with E-state index in [0.717, 1.165) is 0 Å². The Labute approximate surface area is 153 Å². The van der Waals surface area contributed by atoms with Gasteiger partial charge in [0.15, 0.2) is 5.75 Å². The highest BCUT2D eigenvalue weighted by Crippen LogP contribution is 2.30. The number of aromatic nitrogens is 1. The molecule has 1 N–H and O–H groups in total. The molecule has 1 saturated heterocycles. The monoisotopic (exact) mass is 353 g/mol. The van der Waals surface area contributed by atoms with E-state index in [1.165, 1.54) is 0 Å². The quantitative estimate of drug-likeness (QED) is 0.865. The van der Waals surface area contributed by atoms with Crippen molar-refractivity contribution >= 4 is 17.5 Å². The van der Waals surface area contributed by atoms with Crippen LogP contribution in [0.25, 0.3) is 0 Å². The van der Waals surface area contributed by atoms with E-state index in [1.807, 2.05) is 12.1 Å². The number of nitrogens with zero attached hydrogens (tertiary/aromatic N) is 2. The van der Waals surface area contributed by atoms with Crippen LogP contribution in [-0.2, 0) is 9.59 Å². The Morgan fingerprint density at radius 1 is 1.31 bits per heavy atom. The van der Waals surface area contributed by atoms with Crippen molar-refractivity contribution < 1.29 is 14.3 Å². The number of pyridine rings is 1. The summed E-state index contributed by atoms with van der Waals surface area (Å²) in [6, 6.07) is 10.8. The molecule has 1 aliphatic rings. The van der Waals surface area contributed by atoms with Crippen LogP contribution in [-0.4, -0.2) is 34.8 Å². The first-order valence-corrected chi connectivity index (χ1v) is 8.78. The van der Waals surface area contributed by atoms with Crippen molar-refractivity contribution in [1.82, 2.24) is 9.88 Å². The van der Waals surface area contributed by atoms with Crippen molar-refractivity contribution in [1.29, 1.82) is 0 Å². The lowest BCUT2D eigenvalue weighted by atomic mass is 10.1. The number of rotatable bonds is 6. The molecule has 1 atom stereocenters. The van der Waals surface area contributed by atoms with Crippen LogP contribution in [0.15, 0.2) is 48.8 Å². The van der Waals surface area contributed by atoms with Crippen LogP contribution in [0.2, 0.25) is 0 Å². The number of anilines is 1. The van der Waals surface area contributed by atoms with Gasteiger partial charge in [-0.05, 0) is 30.2 Å². The Hall–Kier alpha value is -2.89. The molecule has 3 rings (SSSR count). The van der Waals surface area contributed by atoms with E-state index in [9.17, 15) is 9.59 Å². The first-order valence-electron chi connectivity index (χ1n) is 8.78. The molecule has 136 valence electrons. The Morgan fingerprint density at radius 2 is 2.12 bits per heavy atom. The van der Waals surface area contributed by atoms with E-state index in [4.69, 9.17) is 4.74 Å². The zero-order chi connectivity index (χ0) is 18.5. The van der Waals surface area contributed by atoms with Crippen LogP contribution >= 0.6 is 0 Å². The second-order valence-corrected chi connectivity index (χ2v) is 6.87. The molecule has 1 aromatic carbocycles. The van der Waals surface area contributed by atoms with Gasteiger partial charge in [-0.3, -0.25) is 14.6 Å². The average molecular weight is 353 g/mol. The number of hydrogen-bond acceptors (Lipinski definition) is 4. The molecule has 1 unspecified atom stereocenters. The molecule has 2 heterocycles. The van der Waals surface area contributed by atoms with E-state index in [1.54, 1.807) is 41.6 Å². The van der Waals surface area contributed by atoms with Crippen molar-refractivity contribution in [2.75, 3.05) is 18.4 Å². The number of benzene rings is 1. The largest absolute Gasteiger partial charge is 0.454 e. The van der Waals surface area contributed by atoms with Crippen molar-refractivity contribution in [2.24, 2.45) is 11.8 Å². The first kappa shape index (κ1) is 17.9. The topological polar surface area (TPSA) is 71.5 Å². The van der Waals surface area contributed by atoms with Gasteiger partial charge in [-0.1, -0.05) is 26.0 Å². The van der Waals surface area contributed by atoms with Gasteiger partial charge < -0.3 is 15.0 Å². The molecule has 0 radical (unpaired) electrons. The minimum atomic E-state index is -0.340. The number of para-hydroxylation sites is 2. The molecule has 0 spiro atoms. The van der Waals surface area contributed by atoms with E-state index in [-0.39, 0.29) is 24.2 Å². The fourth-order valence-electron chi connectivity index (χ4n) is 2.99. The smallest absolute Gasteiger partial charge is 0.229 e. The molecule has 1 fully saturated rings. The van der Waals surface area contributed by atoms with Gasteiger partial charge in [0.1, 0.15) is 5.75 Å². The maximum atomic E-state index is 12.6. The summed E-state index contributed by atoms with van der Waals surface area (Å²) in [5.41, 5.74) is 0.580. The summed E-state index contributed by atoms with van der Waals surface area (Å²) >= 11 is 0. The van der Waals surface area contributed by atoms with Crippen LogP contribution in [0, 0.1) is 11.8 Å². The van der Waals surface area contributed by atoms with Gasteiger partial charge in [-0.15, -0.1) is 0 Å². The summed E-state index contributed by atoms with van der Waals surface area (Å²) in [4.78, 5) is 30.5. The minimum Gasteiger partial charge on any atom is -0.454 e. The SMILES string of the molecule is CC(C)CN1CC(C(=O)Nc2ccccc2Oc2cccnc2)CC1=O. The third-order valence-electron chi connectivity index (χ3n) is 4.18. The van der Waals surface area contributed by atoms with Crippen LogP contribution in [0.3, 0.4) is 0 Å². The van der Waals surface area contributed by atoms with Crippen LogP contribution in [0.4, 0.5) is 5.69 Å². The fourth-order valence-corrected chi connectivity index (χ4v) is 2.99. The molecular weight excluding hydrogens is 330 g/mol. The van der Waals surface area contributed by atoms with Gasteiger partial charge in [0.25, 0.3) is 0 Å². The number of amides is 2. The molecular formula is C20H23N3O3. The van der Waals surface area contributed by atoms with Crippen molar-refractivity contribution in [3.8, 4) is 11.5 Å². The molecule has 1 aliphatic heterocycles. The lowest BCUT2D eigenvalue weighted by Gasteiger charge is -2.19. The molecule has 0 aliphatic carbocycles. The summed E-state index contributed by atoms with van der Waals surface area (Å²) < 4.78 is 5.81. The van der Waals surface area contributed by atoms with E-state index >= 15 is 0 Å². The summed E-state index contributed by atoms with van der Waals surface area (Å²) in [5.74, 6) is 1.05. The number of ether oxygens (including phenoxy) is 1. The number of nitrogens with one attached hydrogen (secondary N) is 1. The lowest BCUT2D eigenvalue weighted by Crippen LogP contribution is -2.31. The Balaban J connectivity index is 1.68. The molecule has 6 heteroatoms. The van der Waals surface area contributed by atoms with E-state index in [2.05, 4.69) is 24.1 Å². The second-order valence-electron chi connectivity index (χ2n) is 6.87. The highest BCUT2D eigenvalue weighted by molar-refractivity contribution is 5.98. The summed E-state index contributed by atoms with van der Waals surface area (Å²) in [5, 5.41) is 2.90. The van der Waals surface area contributed by atoms with Crippen molar-refractivity contribution in [2.45, 2.75) is 20.3 Å². The van der Waals surface area contributed by atoms with Crippen LogP contribution < -0.4 is 10.1 Å². The zero-order valence-corrected chi connectivity index (χ0v) is 15.0.